The number of benzene rings is 1. The molecule has 1 aliphatic rings. The van der Waals surface area contributed by atoms with Crippen molar-refractivity contribution in [2.45, 2.75) is 26.3 Å². The van der Waals surface area contributed by atoms with Crippen LogP contribution in [0.2, 0.25) is 0 Å². The fraction of sp³-hybridized carbons (Fsp3) is 0.600. The highest BCUT2D eigenvalue weighted by molar-refractivity contribution is 5.24. The number of hydrogen-bond acceptors (Lipinski definition) is 3. The maximum absolute atomic E-state index is 9.31. The van der Waals surface area contributed by atoms with Gasteiger partial charge in [0, 0.05) is 13.1 Å². The Hall–Kier alpha value is -0.900. The van der Waals surface area contributed by atoms with Crippen molar-refractivity contribution in [1.82, 2.24) is 5.32 Å². The summed E-state index contributed by atoms with van der Waals surface area (Å²) in [5.74, 6) is 0.580. The van der Waals surface area contributed by atoms with Gasteiger partial charge in [-0.15, -0.1) is 0 Å². The van der Waals surface area contributed by atoms with E-state index in [1.807, 2.05) is 0 Å². The third-order valence-corrected chi connectivity index (χ3v) is 3.63. The SMILES string of the molecule is CC(C)c1ccc(CNCC2(CO)COC2)cc1. The number of hydrogen-bond donors (Lipinski definition) is 2. The van der Waals surface area contributed by atoms with Crippen molar-refractivity contribution in [2.24, 2.45) is 5.41 Å². The minimum absolute atomic E-state index is 0.0438. The third kappa shape index (κ3) is 3.10. The summed E-state index contributed by atoms with van der Waals surface area (Å²) in [4.78, 5) is 0. The molecule has 0 amide bonds. The van der Waals surface area contributed by atoms with Gasteiger partial charge in [0.1, 0.15) is 0 Å². The van der Waals surface area contributed by atoms with Crippen LogP contribution in [0.5, 0.6) is 0 Å². The van der Waals surface area contributed by atoms with Crippen LogP contribution in [0.25, 0.3) is 0 Å². The molecule has 1 saturated heterocycles. The molecule has 1 aliphatic heterocycles. The number of nitrogens with one attached hydrogen (secondary N) is 1. The fourth-order valence-electron chi connectivity index (χ4n) is 2.13. The van der Waals surface area contributed by atoms with Crippen LogP contribution in [0.15, 0.2) is 24.3 Å². The summed E-state index contributed by atoms with van der Waals surface area (Å²) in [6, 6.07) is 8.72. The molecule has 0 aliphatic carbocycles. The molecule has 1 heterocycles. The lowest BCUT2D eigenvalue weighted by molar-refractivity contribution is -0.134. The van der Waals surface area contributed by atoms with Crippen LogP contribution in [0.3, 0.4) is 0 Å². The van der Waals surface area contributed by atoms with Gasteiger partial charge in [0.15, 0.2) is 0 Å². The second kappa shape index (κ2) is 5.83. The van der Waals surface area contributed by atoms with E-state index < -0.39 is 0 Å². The Morgan fingerprint density at radius 3 is 2.39 bits per heavy atom. The monoisotopic (exact) mass is 249 g/mol. The van der Waals surface area contributed by atoms with E-state index in [4.69, 9.17) is 4.74 Å². The molecule has 0 radical (unpaired) electrons. The van der Waals surface area contributed by atoms with E-state index in [-0.39, 0.29) is 12.0 Å². The van der Waals surface area contributed by atoms with Crippen LogP contribution in [0, 0.1) is 5.41 Å². The smallest absolute Gasteiger partial charge is 0.0579 e. The topological polar surface area (TPSA) is 41.5 Å². The lowest BCUT2D eigenvalue weighted by atomic mass is 9.87. The summed E-state index contributed by atoms with van der Waals surface area (Å²) in [5, 5.41) is 12.7. The molecule has 0 spiro atoms. The van der Waals surface area contributed by atoms with Crippen LogP contribution in [0.4, 0.5) is 0 Å². The zero-order valence-electron chi connectivity index (χ0n) is 11.3. The quantitative estimate of drug-likeness (QED) is 0.809. The van der Waals surface area contributed by atoms with Crippen LogP contribution >= 0.6 is 0 Å². The molecule has 0 atom stereocenters. The van der Waals surface area contributed by atoms with Crippen molar-refractivity contribution < 1.29 is 9.84 Å². The van der Waals surface area contributed by atoms with Gasteiger partial charge < -0.3 is 15.2 Å². The van der Waals surface area contributed by atoms with Gasteiger partial charge in [0.05, 0.1) is 25.2 Å². The number of rotatable bonds is 6. The maximum atomic E-state index is 9.31. The van der Waals surface area contributed by atoms with Gasteiger partial charge in [-0.25, -0.2) is 0 Å². The lowest BCUT2D eigenvalue weighted by Gasteiger charge is -2.40. The minimum Gasteiger partial charge on any atom is -0.396 e. The van der Waals surface area contributed by atoms with Gasteiger partial charge in [0.25, 0.3) is 0 Å². The van der Waals surface area contributed by atoms with E-state index in [1.54, 1.807) is 0 Å². The van der Waals surface area contributed by atoms with Crippen molar-refractivity contribution in [3.05, 3.63) is 35.4 Å². The molecule has 0 saturated carbocycles. The second-order valence-corrected chi connectivity index (χ2v) is 5.65. The molecule has 18 heavy (non-hydrogen) atoms. The highest BCUT2D eigenvalue weighted by Gasteiger charge is 2.37. The molecule has 0 bridgehead atoms. The van der Waals surface area contributed by atoms with Crippen LogP contribution in [-0.4, -0.2) is 31.5 Å². The predicted octanol–water partition coefficient (Wildman–Crippen LogP) is 1.91. The van der Waals surface area contributed by atoms with Gasteiger partial charge in [-0.2, -0.15) is 0 Å². The van der Waals surface area contributed by atoms with Crippen molar-refractivity contribution in [3.63, 3.8) is 0 Å². The fourth-order valence-corrected chi connectivity index (χ4v) is 2.13. The predicted molar refractivity (Wildman–Crippen MR) is 72.6 cm³/mol. The van der Waals surface area contributed by atoms with E-state index in [0.717, 1.165) is 13.1 Å². The first-order chi connectivity index (χ1) is 8.65. The first kappa shape index (κ1) is 13.5. The summed E-state index contributed by atoms with van der Waals surface area (Å²) >= 11 is 0. The third-order valence-electron chi connectivity index (χ3n) is 3.63. The van der Waals surface area contributed by atoms with Gasteiger partial charge >= 0.3 is 0 Å². The van der Waals surface area contributed by atoms with Crippen LogP contribution < -0.4 is 5.32 Å². The van der Waals surface area contributed by atoms with Crippen molar-refractivity contribution in [1.29, 1.82) is 0 Å². The van der Waals surface area contributed by atoms with Crippen molar-refractivity contribution >= 4 is 0 Å². The van der Waals surface area contributed by atoms with E-state index >= 15 is 0 Å². The Morgan fingerprint density at radius 2 is 1.94 bits per heavy atom. The average Bonchev–Trinajstić information content (AvgIpc) is 2.33. The normalized spacial score (nSPS) is 17.8. The lowest BCUT2D eigenvalue weighted by Crippen LogP contribution is -2.52. The zero-order valence-corrected chi connectivity index (χ0v) is 11.3. The summed E-state index contributed by atoms with van der Waals surface area (Å²) in [6.45, 7) is 7.61. The number of aliphatic hydroxyl groups is 1. The molecule has 3 heteroatoms. The molecule has 3 nitrogen and oxygen atoms in total. The number of ether oxygens (including phenoxy) is 1. The van der Waals surface area contributed by atoms with Gasteiger partial charge in [-0.3, -0.25) is 0 Å². The highest BCUT2D eigenvalue weighted by atomic mass is 16.5. The van der Waals surface area contributed by atoms with Crippen molar-refractivity contribution in [3.8, 4) is 0 Å². The number of aliphatic hydroxyl groups excluding tert-OH is 1. The molecular weight excluding hydrogens is 226 g/mol. The molecule has 1 fully saturated rings. The summed E-state index contributed by atoms with van der Waals surface area (Å²) in [7, 11) is 0. The second-order valence-electron chi connectivity index (χ2n) is 5.65. The highest BCUT2D eigenvalue weighted by Crippen LogP contribution is 2.25. The Labute approximate surface area is 109 Å². The molecular formula is C15H23NO2. The first-order valence-corrected chi connectivity index (χ1v) is 6.63. The minimum atomic E-state index is -0.0438. The van der Waals surface area contributed by atoms with Crippen LogP contribution in [-0.2, 0) is 11.3 Å². The van der Waals surface area contributed by atoms with Gasteiger partial charge in [0.2, 0.25) is 0 Å². The van der Waals surface area contributed by atoms with E-state index in [1.165, 1.54) is 11.1 Å². The standard InChI is InChI=1S/C15H23NO2/c1-12(2)14-5-3-13(4-6-14)7-16-8-15(9-17)10-18-11-15/h3-6,12,16-17H,7-11H2,1-2H3. The Kier molecular flexibility index (Phi) is 4.38. The van der Waals surface area contributed by atoms with Crippen molar-refractivity contribution in [2.75, 3.05) is 26.4 Å². The Balaban J connectivity index is 1.79. The molecule has 100 valence electrons. The average molecular weight is 249 g/mol. The summed E-state index contributed by atoms with van der Waals surface area (Å²) < 4.78 is 5.17. The molecule has 2 rings (SSSR count). The molecule has 1 aromatic rings. The van der Waals surface area contributed by atoms with Gasteiger partial charge in [-0.1, -0.05) is 38.1 Å². The van der Waals surface area contributed by atoms with Crippen LogP contribution in [0.1, 0.15) is 30.9 Å². The molecule has 2 N–H and O–H groups in total. The van der Waals surface area contributed by atoms with Gasteiger partial charge in [-0.05, 0) is 17.0 Å². The first-order valence-electron chi connectivity index (χ1n) is 6.63. The molecule has 1 aromatic carbocycles. The summed E-state index contributed by atoms with van der Waals surface area (Å²) in [5.41, 5.74) is 2.61. The summed E-state index contributed by atoms with van der Waals surface area (Å²) in [6.07, 6.45) is 0. The van der Waals surface area contributed by atoms with E-state index in [9.17, 15) is 5.11 Å². The zero-order chi connectivity index (χ0) is 13.0. The Morgan fingerprint density at radius 1 is 1.28 bits per heavy atom. The van der Waals surface area contributed by atoms with E-state index in [2.05, 4.69) is 43.4 Å². The largest absolute Gasteiger partial charge is 0.396 e. The van der Waals surface area contributed by atoms with E-state index in [0.29, 0.717) is 19.1 Å². The molecule has 0 unspecified atom stereocenters. The Bertz CT molecular complexity index is 363. The molecule has 0 aromatic heterocycles. The maximum Gasteiger partial charge on any atom is 0.0579 e.